The lowest BCUT2D eigenvalue weighted by molar-refractivity contribution is -0.138. The molecule has 0 aliphatic carbocycles. The number of halogens is 3. The van der Waals surface area contributed by atoms with Crippen LogP contribution >= 0.6 is 11.3 Å². The number of amides is 2. The van der Waals surface area contributed by atoms with Gasteiger partial charge in [-0.3, -0.25) is 10.2 Å². The molecule has 2 amide bonds. The number of carbonyl (C=O) groups is 1. The van der Waals surface area contributed by atoms with Crippen LogP contribution in [0.3, 0.4) is 0 Å². The van der Waals surface area contributed by atoms with Gasteiger partial charge < -0.3 is 9.64 Å². The Hall–Kier alpha value is -3.73. The van der Waals surface area contributed by atoms with Crippen molar-refractivity contribution in [2.75, 3.05) is 51.3 Å². The lowest BCUT2D eigenvalue weighted by Gasteiger charge is -2.31. The molecule has 2 heterocycles. The fourth-order valence-electron chi connectivity index (χ4n) is 5.18. The van der Waals surface area contributed by atoms with E-state index < -0.39 is 17.7 Å². The maximum Gasteiger partial charge on any atom is 0.416 e. The SMILES string of the molecule is O=C(Nc1nc(-c2ccccc2)cs1)N(CCC(c1ccccc1)c1ccccc1C(F)(F)F)CCN1CCOCC1. The van der Waals surface area contributed by atoms with Crippen LogP contribution in [0.1, 0.15) is 29.0 Å². The first-order valence-corrected chi connectivity index (χ1v) is 14.8. The molecule has 6 nitrogen and oxygen atoms in total. The van der Waals surface area contributed by atoms with Gasteiger partial charge in [-0.25, -0.2) is 9.78 Å². The molecule has 1 atom stereocenters. The van der Waals surface area contributed by atoms with Gasteiger partial charge >= 0.3 is 12.2 Å². The molecule has 1 N–H and O–H groups in total. The highest BCUT2D eigenvalue weighted by atomic mass is 32.1. The standard InChI is InChI=1S/C32H33F3N4O2S/c33-32(34,35)28-14-8-7-13-27(28)26(24-9-3-1-4-10-24)15-16-39(18-17-38-19-21-41-22-20-38)31(40)37-30-36-29(23-42-30)25-11-5-2-6-12-25/h1-14,23,26H,15-22H2,(H,36,37,40). The van der Waals surface area contributed by atoms with Crippen molar-refractivity contribution in [3.8, 4) is 11.3 Å². The summed E-state index contributed by atoms with van der Waals surface area (Å²) in [5, 5.41) is 5.29. The summed E-state index contributed by atoms with van der Waals surface area (Å²) in [4.78, 5) is 22.1. The van der Waals surface area contributed by atoms with Crippen molar-refractivity contribution < 1.29 is 22.7 Å². The summed E-state index contributed by atoms with van der Waals surface area (Å²) in [5.41, 5.74) is 2.04. The maximum atomic E-state index is 14.0. The highest BCUT2D eigenvalue weighted by Crippen LogP contribution is 2.39. The summed E-state index contributed by atoms with van der Waals surface area (Å²) in [7, 11) is 0. The Kier molecular flexibility index (Phi) is 9.89. The van der Waals surface area contributed by atoms with Crippen LogP contribution in [0.4, 0.5) is 23.1 Å². The molecule has 0 spiro atoms. The number of urea groups is 1. The van der Waals surface area contributed by atoms with Crippen LogP contribution in [-0.4, -0.2) is 66.8 Å². The van der Waals surface area contributed by atoms with E-state index in [1.807, 2.05) is 66.0 Å². The number of morpholine rings is 1. The number of thiazole rings is 1. The number of ether oxygens (including phenoxy) is 1. The molecule has 1 fully saturated rings. The molecular formula is C32H33F3N4O2S. The molecule has 0 saturated carbocycles. The van der Waals surface area contributed by atoms with Crippen molar-refractivity contribution in [1.29, 1.82) is 0 Å². The highest BCUT2D eigenvalue weighted by molar-refractivity contribution is 7.14. The Morgan fingerprint density at radius 3 is 2.33 bits per heavy atom. The van der Waals surface area contributed by atoms with E-state index in [1.54, 1.807) is 17.0 Å². The van der Waals surface area contributed by atoms with Gasteiger partial charge in [0, 0.05) is 49.6 Å². The number of rotatable bonds is 10. The first-order valence-electron chi connectivity index (χ1n) is 14.0. The molecule has 0 radical (unpaired) electrons. The first-order chi connectivity index (χ1) is 20.4. The smallest absolute Gasteiger partial charge is 0.379 e. The Labute approximate surface area is 247 Å². The van der Waals surface area contributed by atoms with Gasteiger partial charge in [-0.2, -0.15) is 13.2 Å². The minimum Gasteiger partial charge on any atom is -0.379 e. The summed E-state index contributed by atoms with van der Waals surface area (Å²) in [6, 6.07) is 24.3. The Bertz CT molecular complexity index is 1430. The fourth-order valence-corrected chi connectivity index (χ4v) is 5.89. The van der Waals surface area contributed by atoms with Crippen molar-refractivity contribution in [1.82, 2.24) is 14.8 Å². The van der Waals surface area contributed by atoms with Crippen LogP contribution in [0.15, 0.2) is 90.3 Å². The number of benzene rings is 3. The van der Waals surface area contributed by atoms with E-state index in [4.69, 9.17) is 4.74 Å². The summed E-state index contributed by atoms with van der Waals surface area (Å²) in [6.45, 7) is 4.14. The fraction of sp³-hybridized carbons (Fsp3) is 0.312. The van der Waals surface area contributed by atoms with Crippen LogP contribution in [-0.2, 0) is 10.9 Å². The Morgan fingerprint density at radius 1 is 0.952 bits per heavy atom. The molecule has 1 unspecified atom stereocenters. The second-order valence-corrected chi connectivity index (χ2v) is 11.0. The molecule has 4 aromatic rings. The molecule has 10 heteroatoms. The van der Waals surface area contributed by atoms with Gasteiger partial charge in [-0.15, -0.1) is 11.3 Å². The zero-order valence-corrected chi connectivity index (χ0v) is 23.9. The van der Waals surface area contributed by atoms with E-state index in [1.165, 1.54) is 17.4 Å². The van der Waals surface area contributed by atoms with Crippen molar-refractivity contribution in [2.24, 2.45) is 0 Å². The van der Waals surface area contributed by atoms with Gasteiger partial charge in [0.25, 0.3) is 0 Å². The Balaban J connectivity index is 1.37. The Morgan fingerprint density at radius 2 is 1.62 bits per heavy atom. The average molecular weight is 595 g/mol. The zero-order chi connectivity index (χ0) is 29.4. The normalized spacial score (nSPS) is 14.8. The molecule has 220 valence electrons. The third-order valence-corrected chi connectivity index (χ3v) is 8.15. The van der Waals surface area contributed by atoms with Crippen LogP contribution in [0.25, 0.3) is 11.3 Å². The average Bonchev–Trinajstić information content (AvgIpc) is 3.48. The second kappa shape index (κ2) is 14.0. The van der Waals surface area contributed by atoms with E-state index in [2.05, 4.69) is 15.2 Å². The predicted octanol–water partition coefficient (Wildman–Crippen LogP) is 7.22. The van der Waals surface area contributed by atoms with E-state index >= 15 is 0 Å². The third-order valence-electron chi connectivity index (χ3n) is 7.40. The van der Waals surface area contributed by atoms with Crippen molar-refractivity contribution in [3.63, 3.8) is 0 Å². The summed E-state index contributed by atoms with van der Waals surface area (Å²) in [6.07, 6.45) is -4.17. The van der Waals surface area contributed by atoms with Crippen LogP contribution in [0.5, 0.6) is 0 Å². The van der Waals surface area contributed by atoms with E-state index in [9.17, 15) is 18.0 Å². The quantitative estimate of drug-likeness (QED) is 0.211. The number of carbonyl (C=O) groups excluding carboxylic acids is 1. The molecule has 1 saturated heterocycles. The molecule has 3 aromatic carbocycles. The van der Waals surface area contributed by atoms with Crippen LogP contribution in [0.2, 0.25) is 0 Å². The van der Waals surface area contributed by atoms with Gasteiger partial charge in [0.15, 0.2) is 5.13 Å². The van der Waals surface area contributed by atoms with Gasteiger partial charge in [-0.1, -0.05) is 78.9 Å². The molecule has 1 aliphatic heterocycles. The third kappa shape index (κ3) is 7.76. The van der Waals surface area contributed by atoms with Gasteiger partial charge in [-0.05, 0) is 23.6 Å². The number of hydrogen-bond donors (Lipinski definition) is 1. The summed E-state index contributed by atoms with van der Waals surface area (Å²) in [5.74, 6) is -0.549. The van der Waals surface area contributed by atoms with Crippen molar-refractivity contribution in [2.45, 2.75) is 18.5 Å². The number of alkyl halides is 3. The largest absolute Gasteiger partial charge is 0.416 e. The van der Waals surface area contributed by atoms with Gasteiger partial charge in [0.2, 0.25) is 0 Å². The van der Waals surface area contributed by atoms with Crippen LogP contribution < -0.4 is 5.32 Å². The topological polar surface area (TPSA) is 57.7 Å². The maximum absolute atomic E-state index is 14.0. The van der Waals surface area contributed by atoms with Crippen LogP contribution in [0, 0.1) is 0 Å². The second-order valence-electron chi connectivity index (χ2n) is 10.1. The highest BCUT2D eigenvalue weighted by Gasteiger charge is 2.35. The zero-order valence-electron chi connectivity index (χ0n) is 23.1. The minimum atomic E-state index is -4.49. The van der Waals surface area contributed by atoms with E-state index in [-0.39, 0.29) is 18.1 Å². The number of nitrogens with one attached hydrogen (secondary N) is 1. The minimum absolute atomic E-state index is 0.206. The lowest BCUT2D eigenvalue weighted by atomic mass is 9.85. The van der Waals surface area contributed by atoms with Gasteiger partial charge in [0.1, 0.15) is 0 Å². The molecular weight excluding hydrogens is 561 g/mol. The molecule has 0 bridgehead atoms. The molecule has 1 aliphatic rings. The predicted molar refractivity (Wildman–Crippen MR) is 160 cm³/mol. The van der Waals surface area contributed by atoms with Crippen molar-refractivity contribution >= 4 is 22.5 Å². The number of aromatic nitrogens is 1. The number of anilines is 1. The summed E-state index contributed by atoms with van der Waals surface area (Å²) >= 11 is 1.34. The molecule has 42 heavy (non-hydrogen) atoms. The van der Waals surface area contributed by atoms with Gasteiger partial charge in [0.05, 0.1) is 24.5 Å². The first kappa shape index (κ1) is 29.8. The number of hydrogen-bond acceptors (Lipinski definition) is 5. The molecule has 5 rings (SSSR count). The van der Waals surface area contributed by atoms with E-state index in [0.717, 1.165) is 36.0 Å². The van der Waals surface area contributed by atoms with Crippen molar-refractivity contribution in [3.05, 3.63) is 107 Å². The summed E-state index contributed by atoms with van der Waals surface area (Å²) < 4.78 is 47.6. The lowest BCUT2D eigenvalue weighted by Crippen LogP contribution is -2.44. The number of nitrogens with zero attached hydrogens (tertiary/aromatic N) is 3. The molecule has 1 aromatic heterocycles. The monoisotopic (exact) mass is 594 g/mol. The van der Waals surface area contributed by atoms with E-state index in [0.29, 0.717) is 37.9 Å².